The molecule has 0 bridgehead atoms. The first kappa shape index (κ1) is 16.7. The SMILES string of the molecule is Cn1cc([C@H](NC(=O)CCn2nnc3ccccc32)C2CC(O)C2)cn1. The number of aromatic nitrogens is 5. The van der Waals surface area contributed by atoms with Crippen LogP contribution in [0.5, 0.6) is 0 Å². The number of aliphatic hydroxyl groups is 1. The molecule has 136 valence electrons. The van der Waals surface area contributed by atoms with Crippen molar-refractivity contribution in [1.29, 1.82) is 0 Å². The van der Waals surface area contributed by atoms with Crippen molar-refractivity contribution >= 4 is 16.9 Å². The van der Waals surface area contributed by atoms with E-state index in [4.69, 9.17) is 0 Å². The third-order valence-corrected chi connectivity index (χ3v) is 4.99. The largest absolute Gasteiger partial charge is 0.393 e. The van der Waals surface area contributed by atoms with Crippen LogP contribution in [0.25, 0.3) is 11.0 Å². The molecule has 1 fully saturated rings. The summed E-state index contributed by atoms with van der Waals surface area (Å²) >= 11 is 0. The highest BCUT2D eigenvalue weighted by molar-refractivity contribution is 5.77. The number of nitrogens with one attached hydrogen (secondary N) is 1. The minimum absolute atomic E-state index is 0.0418. The van der Waals surface area contributed by atoms with Gasteiger partial charge in [-0.3, -0.25) is 9.48 Å². The number of aryl methyl sites for hydroxylation is 2. The zero-order chi connectivity index (χ0) is 18.1. The van der Waals surface area contributed by atoms with Crippen LogP contribution in [0, 0.1) is 5.92 Å². The van der Waals surface area contributed by atoms with Gasteiger partial charge in [-0.2, -0.15) is 5.10 Å². The number of para-hydroxylation sites is 1. The Balaban J connectivity index is 1.41. The molecule has 1 atom stereocenters. The molecular weight excluding hydrogens is 332 g/mol. The molecule has 1 aliphatic rings. The van der Waals surface area contributed by atoms with E-state index in [1.807, 2.05) is 37.5 Å². The Hall–Kier alpha value is -2.74. The molecule has 4 rings (SSSR count). The van der Waals surface area contributed by atoms with E-state index < -0.39 is 0 Å². The van der Waals surface area contributed by atoms with Crippen LogP contribution >= 0.6 is 0 Å². The highest BCUT2D eigenvalue weighted by atomic mass is 16.3. The molecular formula is C18H22N6O2. The third-order valence-electron chi connectivity index (χ3n) is 4.99. The predicted molar refractivity (Wildman–Crippen MR) is 95.0 cm³/mol. The van der Waals surface area contributed by atoms with Crippen LogP contribution < -0.4 is 5.32 Å². The molecule has 1 aliphatic carbocycles. The molecule has 1 amide bonds. The van der Waals surface area contributed by atoms with E-state index in [-0.39, 0.29) is 24.0 Å². The summed E-state index contributed by atoms with van der Waals surface area (Å²) in [6, 6.07) is 7.58. The second kappa shape index (κ2) is 6.87. The fourth-order valence-electron chi connectivity index (χ4n) is 3.51. The third kappa shape index (κ3) is 3.32. The second-order valence-electron chi connectivity index (χ2n) is 6.93. The molecule has 8 nitrogen and oxygen atoms in total. The standard InChI is InChI=1S/C18H22N6O2/c1-23-11-13(10-19-23)18(12-8-14(25)9-12)20-17(26)6-7-24-16-5-3-2-4-15(16)21-22-24/h2-5,10-12,14,18,25H,6-9H2,1H3,(H,20,26)/t12?,14?,18-/m1/s1. The summed E-state index contributed by atoms with van der Waals surface area (Å²) in [6.07, 6.45) is 5.15. The van der Waals surface area contributed by atoms with Gasteiger partial charge in [0.15, 0.2) is 0 Å². The van der Waals surface area contributed by atoms with Gasteiger partial charge in [-0.05, 0) is 30.9 Å². The van der Waals surface area contributed by atoms with Crippen molar-refractivity contribution in [2.45, 2.75) is 38.0 Å². The highest BCUT2D eigenvalue weighted by Crippen LogP contribution is 2.38. The van der Waals surface area contributed by atoms with Gasteiger partial charge in [0.25, 0.3) is 0 Å². The summed E-state index contributed by atoms with van der Waals surface area (Å²) in [6.45, 7) is 0.472. The summed E-state index contributed by atoms with van der Waals surface area (Å²) < 4.78 is 3.48. The topological polar surface area (TPSA) is 97.9 Å². The number of nitrogens with zero attached hydrogens (tertiary/aromatic N) is 5. The Bertz CT molecular complexity index is 911. The molecule has 0 unspecified atom stereocenters. The Kier molecular flexibility index (Phi) is 4.42. The van der Waals surface area contributed by atoms with Gasteiger partial charge in [0.2, 0.25) is 5.91 Å². The van der Waals surface area contributed by atoms with Gasteiger partial charge in [-0.15, -0.1) is 5.10 Å². The lowest BCUT2D eigenvalue weighted by atomic mass is 9.75. The van der Waals surface area contributed by atoms with E-state index in [1.165, 1.54) is 0 Å². The van der Waals surface area contributed by atoms with Crippen LogP contribution in [-0.2, 0) is 18.4 Å². The van der Waals surface area contributed by atoms with Crippen molar-refractivity contribution in [3.63, 3.8) is 0 Å². The maximum Gasteiger partial charge on any atom is 0.222 e. The lowest BCUT2D eigenvalue weighted by molar-refractivity contribution is -0.123. The molecule has 26 heavy (non-hydrogen) atoms. The molecule has 0 aliphatic heterocycles. The molecule has 3 aromatic rings. The second-order valence-corrected chi connectivity index (χ2v) is 6.93. The van der Waals surface area contributed by atoms with E-state index >= 15 is 0 Å². The first-order chi connectivity index (χ1) is 12.6. The number of hydrogen-bond acceptors (Lipinski definition) is 5. The zero-order valence-electron chi connectivity index (χ0n) is 14.6. The first-order valence-electron chi connectivity index (χ1n) is 8.84. The quantitative estimate of drug-likeness (QED) is 0.693. The number of hydrogen-bond donors (Lipinski definition) is 2. The predicted octanol–water partition coefficient (Wildman–Crippen LogP) is 1.18. The minimum Gasteiger partial charge on any atom is -0.393 e. The fraction of sp³-hybridized carbons (Fsp3) is 0.444. The average molecular weight is 354 g/mol. The van der Waals surface area contributed by atoms with Crippen LogP contribution in [0.15, 0.2) is 36.7 Å². The first-order valence-corrected chi connectivity index (χ1v) is 8.84. The molecule has 8 heteroatoms. The van der Waals surface area contributed by atoms with Gasteiger partial charge in [-0.25, -0.2) is 4.68 Å². The van der Waals surface area contributed by atoms with Gasteiger partial charge in [0.05, 0.1) is 30.4 Å². The van der Waals surface area contributed by atoms with E-state index in [2.05, 4.69) is 20.7 Å². The highest BCUT2D eigenvalue weighted by Gasteiger charge is 2.36. The Labute approximate surface area is 150 Å². The van der Waals surface area contributed by atoms with Crippen molar-refractivity contribution in [3.05, 3.63) is 42.2 Å². The maximum absolute atomic E-state index is 12.5. The molecule has 0 radical (unpaired) electrons. The van der Waals surface area contributed by atoms with Gasteiger partial charge >= 0.3 is 0 Å². The van der Waals surface area contributed by atoms with Gasteiger partial charge in [0.1, 0.15) is 5.52 Å². The smallest absolute Gasteiger partial charge is 0.222 e. The van der Waals surface area contributed by atoms with E-state index in [9.17, 15) is 9.90 Å². The van der Waals surface area contributed by atoms with Crippen molar-refractivity contribution < 1.29 is 9.90 Å². The average Bonchev–Trinajstić information content (AvgIpc) is 3.22. The van der Waals surface area contributed by atoms with Crippen molar-refractivity contribution in [1.82, 2.24) is 30.1 Å². The Morgan fingerprint density at radius 1 is 1.38 bits per heavy atom. The van der Waals surface area contributed by atoms with Gasteiger partial charge in [0, 0.05) is 25.2 Å². The number of fused-ring (bicyclic) bond motifs is 1. The van der Waals surface area contributed by atoms with Crippen LogP contribution in [0.3, 0.4) is 0 Å². The number of carbonyl (C=O) groups excluding carboxylic acids is 1. The Morgan fingerprint density at radius 2 is 2.19 bits per heavy atom. The summed E-state index contributed by atoms with van der Waals surface area (Å²) in [5.74, 6) is 0.199. The molecule has 2 aromatic heterocycles. The van der Waals surface area contributed by atoms with E-state index in [0.717, 1.165) is 16.6 Å². The molecule has 1 aromatic carbocycles. The lowest BCUT2D eigenvalue weighted by Crippen LogP contribution is -2.41. The van der Waals surface area contributed by atoms with E-state index in [1.54, 1.807) is 15.6 Å². The number of aliphatic hydroxyl groups excluding tert-OH is 1. The van der Waals surface area contributed by atoms with Crippen LogP contribution in [0.2, 0.25) is 0 Å². The lowest BCUT2D eigenvalue weighted by Gasteiger charge is -2.37. The Morgan fingerprint density at radius 3 is 2.92 bits per heavy atom. The van der Waals surface area contributed by atoms with Crippen molar-refractivity contribution in [3.8, 4) is 0 Å². The van der Waals surface area contributed by atoms with Crippen LogP contribution in [0.4, 0.5) is 0 Å². The van der Waals surface area contributed by atoms with E-state index in [0.29, 0.717) is 25.8 Å². The molecule has 0 saturated heterocycles. The summed E-state index contributed by atoms with van der Waals surface area (Å²) in [7, 11) is 1.85. The number of amides is 1. The number of carbonyl (C=O) groups is 1. The number of benzene rings is 1. The molecule has 1 saturated carbocycles. The molecule has 2 N–H and O–H groups in total. The van der Waals surface area contributed by atoms with Crippen molar-refractivity contribution in [2.24, 2.45) is 13.0 Å². The van der Waals surface area contributed by atoms with Crippen LogP contribution in [-0.4, -0.2) is 41.9 Å². The van der Waals surface area contributed by atoms with Crippen molar-refractivity contribution in [2.75, 3.05) is 0 Å². The number of rotatable bonds is 6. The normalized spacial score (nSPS) is 20.7. The van der Waals surface area contributed by atoms with Gasteiger partial charge < -0.3 is 10.4 Å². The fourth-order valence-corrected chi connectivity index (χ4v) is 3.51. The maximum atomic E-state index is 12.5. The van der Waals surface area contributed by atoms with Gasteiger partial charge in [-0.1, -0.05) is 17.3 Å². The summed E-state index contributed by atoms with van der Waals surface area (Å²) in [4.78, 5) is 12.5. The molecule has 2 heterocycles. The summed E-state index contributed by atoms with van der Waals surface area (Å²) in [5, 5.41) is 25.2. The monoisotopic (exact) mass is 354 g/mol. The zero-order valence-corrected chi connectivity index (χ0v) is 14.6. The summed E-state index contributed by atoms with van der Waals surface area (Å²) in [5.41, 5.74) is 2.72. The van der Waals surface area contributed by atoms with Crippen LogP contribution in [0.1, 0.15) is 30.9 Å². The molecule has 0 spiro atoms. The minimum atomic E-state index is -0.266.